The molecule has 0 radical (unpaired) electrons. The average Bonchev–Trinajstić information content (AvgIpc) is 2.46. The summed E-state index contributed by atoms with van der Waals surface area (Å²) in [5.41, 5.74) is 1.43. The molecule has 0 spiro atoms. The second-order valence-electron chi connectivity index (χ2n) is 4.32. The molecule has 0 unspecified atom stereocenters. The molecule has 2 aromatic carbocycles. The number of nitro groups is 1. The van der Waals surface area contributed by atoms with Gasteiger partial charge in [-0.05, 0) is 30.2 Å². The van der Waals surface area contributed by atoms with E-state index in [4.69, 9.17) is 0 Å². The van der Waals surface area contributed by atoms with Gasteiger partial charge in [0, 0.05) is 18.3 Å². The number of sulfonamides is 1. The van der Waals surface area contributed by atoms with Crippen LogP contribution in [0.25, 0.3) is 0 Å². The maximum atomic E-state index is 12.0. The number of hydrogen-bond donors (Lipinski definition) is 0. The molecule has 0 saturated heterocycles. The number of non-ortho nitro benzene ring substituents is 1. The topological polar surface area (TPSA) is 89.6 Å². The summed E-state index contributed by atoms with van der Waals surface area (Å²) in [6.07, 6.45) is 1.27. The second-order valence-corrected chi connectivity index (χ2v) is 5.95. The Labute approximate surface area is 122 Å². The van der Waals surface area contributed by atoms with Crippen molar-refractivity contribution in [3.8, 4) is 0 Å². The molecule has 6 nitrogen and oxygen atoms in total. The molecule has 0 aliphatic heterocycles. The van der Waals surface area contributed by atoms with Gasteiger partial charge in [0.2, 0.25) is 0 Å². The van der Waals surface area contributed by atoms with Crippen LogP contribution in [0.4, 0.5) is 5.69 Å². The summed E-state index contributed by atoms with van der Waals surface area (Å²) in [5.74, 6) is 0. The van der Waals surface area contributed by atoms with Crippen LogP contribution in [0.1, 0.15) is 11.1 Å². The van der Waals surface area contributed by atoms with Gasteiger partial charge < -0.3 is 0 Å². The van der Waals surface area contributed by atoms with E-state index < -0.39 is 14.9 Å². The Balaban J connectivity index is 2.30. The Kier molecular flexibility index (Phi) is 4.13. The van der Waals surface area contributed by atoms with E-state index in [0.29, 0.717) is 5.56 Å². The standard InChI is InChI=1S/C14H12N2O4S/c1-11-4-2-3-5-12(11)10-15-21(19,20)14-8-6-13(7-9-14)16(17)18/h2-10H,1H3/b15-10+. The fourth-order valence-corrected chi connectivity index (χ4v) is 2.51. The fourth-order valence-electron chi connectivity index (χ4n) is 1.66. The Morgan fingerprint density at radius 2 is 1.71 bits per heavy atom. The highest BCUT2D eigenvalue weighted by atomic mass is 32.2. The van der Waals surface area contributed by atoms with E-state index >= 15 is 0 Å². The maximum absolute atomic E-state index is 12.0. The van der Waals surface area contributed by atoms with Crippen molar-refractivity contribution >= 4 is 21.9 Å². The fraction of sp³-hybridized carbons (Fsp3) is 0.0714. The predicted octanol–water partition coefficient (Wildman–Crippen LogP) is 2.71. The molecule has 0 aliphatic carbocycles. The second kappa shape index (κ2) is 5.84. The van der Waals surface area contributed by atoms with Crippen molar-refractivity contribution in [2.24, 2.45) is 4.40 Å². The molecule has 0 saturated carbocycles. The third-order valence-corrected chi connectivity index (χ3v) is 4.12. The highest BCUT2D eigenvalue weighted by molar-refractivity contribution is 7.90. The van der Waals surface area contributed by atoms with Crippen LogP contribution in [-0.4, -0.2) is 19.6 Å². The molecule has 0 bridgehead atoms. The van der Waals surface area contributed by atoms with Gasteiger partial charge in [0.25, 0.3) is 15.7 Å². The van der Waals surface area contributed by atoms with Gasteiger partial charge >= 0.3 is 0 Å². The van der Waals surface area contributed by atoms with Crippen LogP contribution in [0.15, 0.2) is 57.8 Å². The summed E-state index contributed by atoms with van der Waals surface area (Å²) >= 11 is 0. The van der Waals surface area contributed by atoms with E-state index in [0.717, 1.165) is 17.7 Å². The van der Waals surface area contributed by atoms with Crippen LogP contribution in [0.2, 0.25) is 0 Å². The molecule has 0 heterocycles. The molecule has 2 rings (SSSR count). The lowest BCUT2D eigenvalue weighted by molar-refractivity contribution is -0.384. The highest BCUT2D eigenvalue weighted by Gasteiger charge is 2.14. The van der Waals surface area contributed by atoms with Crippen molar-refractivity contribution in [2.45, 2.75) is 11.8 Å². The van der Waals surface area contributed by atoms with E-state index in [1.165, 1.54) is 18.3 Å². The Bertz CT molecular complexity index is 796. The number of hydrogen-bond acceptors (Lipinski definition) is 4. The minimum Gasteiger partial charge on any atom is -0.258 e. The SMILES string of the molecule is Cc1ccccc1/C=N/S(=O)(=O)c1ccc([N+](=O)[O-])cc1. The molecular formula is C14H12N2O4S. The Hall–Kier alpha value is -2.54. The number of nitro benzene ring substituents is 1. The number of nitrogens with zero attached hydrogens (tertiary/aromatic N) is 2. The molecule has 0 fully saturated rings. The van der Waals surface area contributed by atoms with Crippen molar-refractivity contribution in [3.63, 3.8) is 0 Å². The Morgan fingerprint density at radius 1 is 1.10 bits per heavy atom. The van der Waals surface area contributed by atoms with Gasteiger partial charge in [-0.3, -0.25) is 10.1 Å². The summed E-state index contributed by atoms with van der Waals surface area (Å²) in [6.45, 7) is 1.85. The molecular weight excluding hydrogens is 292 g/mol. The number of rotatable bonds is 4. The van der Waals surface area contributed by atoms with E-state index in [1.807, 2.05) is 19.1 Å². The van der Waals surface area contributed by atoms with Crippen molar-refractivity contribution in [1.82, 2.24) is 0 Å². The first-order valence-corrected chi connectivity index (χ1v) is 7.44. The van der Waals surface area contributed by atoms with Crippen molar-refractivity contribution in [3.05, 3.63) is 69.8 Å². The highest BCUT2D eigenvalue weighted by Crippen LogP contribution is 2.17. The van der Waals surface area contributed by atoms with Gasteiger partial charge in [-0.25, -0.2) is 0 Å². The normalized spacial score (nSPS) is 11.7. The van der Waals surface area contributed by atoms with Crippen molar-refractivity contribution < 1.29 is 13.3 Å². The summed E-state index contributed by atoms with van der Waals surface area (Å²) < 4.78 is 27.7. The monoisotopic (exact) mass is 304 g/mol. The van der Waals surface area contributed by atoms with Gasteiger partial charge in [0.1, 0.15) is 0 Å². The molecule has 7 heteroatoms. The molecule has 108 valence electrons. The lowest BCUT2D eigenvalue weighted by atomic mass is 10.1. The zero-order chi connectivity index (χ0) is 15.5. The molecule has 0 N–H and O–H groups in total. The third kappa shape index (κ3) is 3.51. The first kappa shape index (κ1) is 14.9. The molecule has 0 aliphatic rings. The van der Waals surface area contributed by atoms with E-state index in [1.54, 1.807) is 12.1 Å². The van der Waals surface area contributed by atoms with Gasteiger partial charge in [-0.2, -0.15) is 12.8 Å². The van der Waals surface area contributed by atoms with Crippen LogP contribution in [0, 0.1) is 17.0 Å². The van der Waals surface area contributed by atoms with Crippen LogP contribution in [-0.2, 0) is 10.0 Å². The molecule has 2 aromatic rings. The largest absolute Gasteiger partial charge is 0.282 e. The molecule has 0 atom stereocenters. The number of aryl methyl sites for hydroxylation is 1. The summed E-state index contributed by atoms with van der Waals surface area (Å²) in [5, 5.41) is 10.5. The molecule has 21 heavy (non-hydrogen) atoms. The van der Waals surface area contributed by atoms with E-state index in [2.05, 4.69) is 4.40 Å². The van der Waals surface area contributed by atoms with Crippen LogP contribution >= 0.6 is 0 Å². The predicted molar refractivity (Wildman–Crippen MR) is 79.1 cm³/mol. The molecule has 0 aromatic heterocycles. The minimum absolute atomic E-state index is 0.0852. The zero-order valence-corrected chi connectivity index (χ0v) is 11.9. The average molecular weight is 304 g/mol. The van der Waals surface area contributed by atoms with Gasteiger partial charge in [-0.1, -0.05) is 24.3 Å². The first-order valence-electron chi connectivity index (χ1n) is 6.00. The summed E-state index contributed by atoms with van der Waals surface area (Å²) in [7, 11) is -3.87. The van der Waals surface area contributed by atoms with Gasteiger partial charge in [-0.15, -0.1) is 0 Å². The van der Waals surface area contributed by atoms with E-state index in [9.17, 15) is 18.5 Å². The van der Waals surface area contributed by atoms with Gasteiger partial charge in [0.05, 0.1) is 9.82 Å². The van der Waals surface area contributed by atoms with Crippen LogP contribution in [0.5, 0.6) is 0 Å². The lowest BCUT2D eigenvalue weighted by Gasteiger charge is -2.00. The smallest absolute Gasteiger partial charge is 0.258 e. The van der Waals surface area contributed by atoms with Crippen molar-refractivity contribution in [1.29, 1.82) is 0 Å². The van der Waals surface area contributed by atoms with Crippen LogP contribution < -0.4 is 0 Å². The molecule has 0 amide bonds. The Morgan fingerprint density at radius 3 is 2.29 bits per heavy atom. The van der Waals surface area contributed by atoms with Crippen LogP contribution in [0.3, 0.4) is 0 Å². The summed E-state index contributed by atoms with van der Waals surface area (Å²) in [6, 6.07) is 11.8. The van der Waals surface area contributed by atoms with E-state index in [-0.39, 0.29) is 10.6 Å². The first-order chi connectivity index (χ1) is 9.90. The lowest BCUT2D eigenvalue weighted by Crippen LogP contribution is -1.99. The maximum Gasteiger partial charge on any atom is 0.282 e. The van der Waals surface area contributed by atoms with Crippen molar-refractivity contribution in [2.75, 3.05) is 0 Å². The summed E-state index contributed by atoms with van der Waals surface area (Å²) in [4.78, 5) is 9.86. The zero-order valence-electron chi connectivity index (χ0n) is 11.1. The minimum atomic E-state index is -3.87. The third-order valence-electron chi connectivity index (χ3n) is 2.86. The van der Waals surface area contributed by atoms with Gasteiger partial charge in [0.15, 0.2) is 0 Å². The quantitative estimate of drug-likeness (QED) is 0.493. The number of benzene rings is 2.